The van der Waals surface area contributed by atoms with Gasteiger partial charge in [-0.15, -0.1) is 0 Å². The molecule has 0 N–H and O–H groups in total. The Morgan fingerprint density at radius 1 is 1.12 bits per heavy atom. The van der Waals surface area contributed by atoms with E-state index in [9.17, 15) is 18.0 Å². The van der Waals surface area contributed by atoms with Crippen LogP contribution in [0.3, 0.4) is 0 Å². The van der Waals surface area contributed by atoms with Crippen LogP contribution in [-0.2, 0) is 10.9 Å². The number of hydrogen-bond donors (Lipinski definition) is 0. The quantitative estimate of drug-likeness (QED) is 0.771. The highest BCUT2D eigenvalue weighted by molar-refractivity contribution is 5.68. The van der Waals surface area contributed by atoms with Crippen LogP contribution in [0.25, 0.3) is 5.65 Å². The van der Waals surface area contributed by atoms with E-state index in [2.05, 4.69) is 9.97 Å². The molecule has 142 valence electrons. The first-order chi connectivity index (χ1) is 12.0. The summed E-state index contributed by atoms with van der Waals surface area (Å²) in [7, 11) is 0. The van der Waals surface area contributed by atoms with Gasteiger partial charge in [-0.1, -0.05) is 0 Å². The number of anilines is 1. The third-order valence-corrected chi connectivity index (χ3v) is 3.87. The van der Waals surface area contributed by atoms with Crippen molar-refractivity contribution in [2.24, 2.45) is 0 Å². The molecular formula is C16H20F3N5O2. The molecule has 10 heteroatoms. The highest BCUT2D eigenvalue weighted by atomic mass is 19.4. The Hall–Kier alpha value is -2.52. The van der Waals surface area contributed by atoms with Gasteiger partial charge in [-0.3, -0.25) is 0 Å². The van der Waals surface area contributed by atoms with E-state index < -0.39 is 17.5 Å². The van der Waals surface area contributed by atoms with Gasteiger partial charge >= 0.3 is 12.3 Å². The Morgan fingerprint density at radius 2 is 1.77 bits per heavy atom. The lowest BCUT2D eigenvalue weighted by molar-refractivity contribution is -0.140. The minimum absolute atomic E-state index is 0.133. The van der Waals surface area contributed by atoms with E-state index in [-0.39, 0.29) is 11.7 Å². The van der Waals surface area contributed by atoms with Gasteiger partial charge in [0.1, 0.15) is 11.4 Å². The molecule has 0 unspecified atom stereocenters. The Labute approximate surface area is 148 Å². The summed E-state index contributed by atoms with van der Waals surface area (Å²) in [6.45, 7) is 7.34. The molecule has 0 aliphatic carbocycles. The molecule has 0 saturated carbocycles. The molecule has 0 bridgehead atoms. The van der Waals surface area contributed by atoms with E-state index in [0.717, 1.165) is 6.20 Å². The molecule has 0 radical (unpaired) electrons. The Balaban J connectivity index is 1.68. The van der Waals surface area contributed by atoms with Crippen molar-refractivity contribution in [3.63, 3.8) is 0 Å². The van der Waals surface area contributed by atoms with E-state index in [1.54, 1.807) is 25.7 Å². The van der Waals surface area contributed by atoms with Crippen molar-refractivity contribution in [1.82, 2.24) is 19.3 Å². The predicted molar refractivity (Wildman–Crippen MR) is 88.0 cm³/mol. The number of hydrogen-bond acceptors (Lipinski definition) is 5. The first kappa shape index (κ1) is 18.3. The summed E-state index contributed by atoms with van der Waals surface area (Å²) in [6.07, 6.45) is -1.10. The molecule has 1 amide bonds. The standard InChI is InChI=1S/C16H20F3N5O2/c1-15(2,3)26-14(25)23-6-4-22(5-7-23)13-10-24-9-11(16(17,18)19)21-12(24)8-20-13/h8-10H,4-7H2,1-3H3. The van der Waals surface area contributed by atoms with Gasteiger partial charge in [0.2, 0.25) is 0 Å². The van der Waals surface area contributed by atoms with Crippen LogP contribution in [0, 0.1) is 0 Å². The van der Waals surface area contributed by atoms with E-state index in [1.807, 2.05) is 4.90 Å². The molecule has 2 aromatic heterocycles. The molecule has 1 fully saturated rings. The zero-order valence-corrected chi connectivity index (χ0v) is 14.7. The summed E-state index contributed by atoms with van der Waals surface area (Å²) in [4.78, 5) is 23.3. The van der Waals surface area contributed by atoms with Gasteiger partial charge in [0.25, 0.3) is 0 Å². The van der Waals surface area contributed by atoms with Crippen molar-refractivity contribution in [1.29, 1.82) is 0 Å². The molecule has 2 aromatic rings. The lowest BCUT2D eigenvalue weighted by Gasteiger charge is -2.36. The van der Waals surface area contributed by atoms with Crippen molar-refractivity contribution in [3.05, 3.63) is 24.3 Å². The Bertz CT molecular complexity index is 804. The SMILES string of the molecule is CC(C)(C)OC(=O)N1CCN(c2cn3cc(C(F)(F)F)nc3cn2)CC1. The predicted octanol–water partition coefficient (Wildman–Crippen LogP) is 2.81. The largest absolute Gasteiger partial charge is 0.444 e. The normalized spacial score (nSPS) is 16.2. The van der Waals surface area contributed by atoms with Gasteiger partial charge in [-0.25, -0.2) is 14.8 Å². The molecule has 0 aromatic carbocycles. The van der Waals surface area contributed by atoms with Crippen LogP contribution in [0.4, 0.5) is 23.8 Å². The average Bonchev–Trinajstić information content (AvgIpc) is 2.97. The van der Waals surface area contributed by atoms with Crippen LogP contribution in [-0.4, -0.2) is 57.1 Å². The van der Waals surface area contributed by atoms with Crippen LogP contribution < -0.4 is 4.90 Å². The summed E-state index contributed by atoms with van der Waals surface area (Å²) in [6, 6.07) is 0. The number of amides is 1. The Morgan fingerprint density at radius 3 is 2.35 bits per heavy atom. The molecule has 1 aliphatic rings. The molecule has 26 heavy (non-hydrogen) atoms. The maximum atomic E-state index is 12.8. The highest BCUT2D eigenvalue weighted by Crippen LogP contribution is 2.28. The second-order valence-electron chi connectivity index (χ2n) is 7.09. The summed E-state index contributed by atoms with van der Waals surface area (Å²) in [5.41, 5.74) is -1.38. The fourth-order valence-corrected chi connectivity index (χ4v) is 2.63. The minimum Gasteiger partial charge on any atom is -0.444 e. The number of aromatic nitrogens is 3. The third-order valence-electron chi connectivity index (χ3n) is 3.87. The third kappa shape index (κ3) is 4.00. The lowest BCUT2D eigenvalue weighted by Crippen LogP contribution is -2.50. The van der Waals surface area contributed by atoms with Gasteiger partial charge in [0, 0.05) is 32.4 Å². The van der Waals surface area contributed by atoms with Gasteiger partial charge in [0.15, 0.2) is 11.3 Å². The topological polar surface area (TPSA) is 63.0 Å². The van der Waals surface area contributed by atoms with Crippen LogP contribution in [0.15, 0.2) is 18.6 Å². The van der Waals surface area contributed by atoms with E-state index >= 15 is 0 Å². The number of halogens is 3. The number of rotatable bonds is 1. The molecule has 3 heterocycles. The zero-order valence-electron chi connectivity index (χ0n) is 14.7. The number of alkyl halides is 3. The fourth-order valence-electron chi connectivity index (χ4n) is 2.63. The summed E-state index contributed by atoms with van der Waals surface area (Å²) in [5, 5.41) is 0. The molecule has 1 aliphatic heterocycles. The average molecular weight is 371 g/mol. The molecular weight excluding hydrogens is 351 g/mol. The van der Waals surface area contributed by atoms with Crippen molar-refractivity contribution in [2.75, 3.05) is 31.1 Å². The number of ether oxygens (including phenoxy) is 1. The zero-order chi connectivity index (χ0) is 19.1. The summed E-state index contributed by atoms with van der Waals surface area (Å²) in [5.74, 6) is 0.535. The van der Waals surface area contributed by atoms with Gasteiger partial charge in [-0.2, -0.15) is 13.2 Å². The van der Waals surface area contributed by atoms with Crippen molar-refractivity contribution in [2.45, 2.75) is 32.5 Å². The van der Waals surface area contributed by atoms with Gasteiger partial charge in [0.05, 0.1) is 12.4 Å². The molecule has 0 atom stereocenters. The molecule has 0 spiro atoms. The van der Waals surface area contributed by atoms with Gasteiger partial charge < -0.3 is 18.9 Å². The second-order valence-corrected chi connectivity index (χ2v) is 7.09. The number of carbonyl (C=O) groups is 1. The van der Waals surface area contributed by atoms with Crippen LogP contribution in [0.5, 0.6) is 0 Å². The second kappa shape index (κ2) is 6.33. The first-order valence-electron chi connectivity index (χ1n) is 8.18. The molecule has 3 rings (SSSR count). The minimum atomic E-state index is -4.49. The van der Waals surface area contributed by atoms with Crippen LogP contribution in [0.2, 0.25) is 0 Å². The number of nitrogens with zero attached hydrogens (tertiary/aromatic N) is 5. The summed E-state index contributed by atoms with van der Waals surface area (Å²) >= 11 is 0. The maximum absolute atomic E-state index is 12.8. The monoisotopic (exact) mass is 371 g/mol. The fraction of sp³-hybridized carbons (Fsp3) is 0.562. The van der Waals surface area contributed by atoms with Crippen LogP contribution in [0.1, 0.15) is 26.5 Å². The number of imidazole rings is 1. The maximum Gasteiger partial charge on any atom is 0.434 e. The van der Waals surface area contributed by atoms with E-state index in [4.69, 9.17) is 4.74 Å². The molecule has 7 nitrogen and oxygen atoms in total. The first-order valence-corrected chi connectivity index (χ1v) is 8.18. The molecule has 1 saturated heterocycles. The summed E-state index contributed by atoms with van der Waals surface area (Å²) < 4.78 is 44.9. The number of carbonyl (C=O) groups excluding carboxylic acids is 1. The van der Waals surface area contributed by atoms with Crippen LogP contribution >= 0.6 is 0 Å². The highest BCUT2D eigenvalue weighted by Gasteiger charge is 2.34. The Kier molecular flexibility index (Phi) is 4.45. The number of piperazine rings is 1. The van der Waals surface area contributed by atoms with Gasteiger partial charge in [-0.05, 0) is 20.8 Å². The van der Waals surface area contributed by atoms with E-state index in [0.29, 0.717) is 32.0 Å². The smallest absolute Gasteiger partial charge is 0.434 e. The van der Waals surface area contributed by atoms with Crippen molar-refractivity contribution in [3.8, 4) is 0 Å². The number of fused-ring (bicyclic) bond motifs is 1. The van der Waals surface area contributed by atoms with Crippen molar-refractivity contribution >= 4 is 17.6 Å². The lowest BCUT2D eigenvalue weighted by atomic mass is 10.2. The van der Waals surface area contributed by atoms with E-state index in [1.165, 1.54) is 16.8 Å². The van der Waals surface area contributed by atoms with Crippen molar-refractivity contribution < 1.29 is 22.7 Å².